The van der Waals surface area contributed by atoms with Crippen molar-refractivity contribution in [1.29, 1.82) is 0 Å². The Morgan fingerprint density at radius 3 is 2.57 bits per heavy atom. The van der Waals surface area contributed by atoms with Crippen LogP contribution in [0.1, 0.15) is 16.7 Å². The van der Waals surface area contributed by atoms with Crippen LogP contribution in [-0.2, 0) is 6.54 Å². The van der Waals surface area contributed by atoms with E-state index in [-0.39, 0.29) is 5.82 Å². The van der Waals surface area contributed by atoms with Crippen molar-refractivity contribution in [2.45, 2.75) is 20.4 Å². The van der Waals surface area contributed by atoms with Crippen LogP contribution in [0.2, 0.25) is 5.02 Å². The number of pyridine rings is 1. The minimum absolute atomic E-state index is 0.174. The van der Waals surface area contributed by atoms with E-state index < -0.39 is 0 Å². The number of imidazole rings is 1. The number of anilines is 1. The van der Waals surface area contributed by atoms with Crippen molar-refractivity contribution in [1.82, 2.24) is 14.5 Å². The number of halogens is 2. The van der Waals surface area contributed by atoms with Crippen molar-refractivity contribution in [2.75, 3.05) is 5.73 Å². The van der Waals surface area contributed by atoms with E-state index in [2.05, 4.69) is 9.97 Å². The lowest BCUT2D eigenvalue weighted by atomic mass is 10.1. The van der Waals surface area contributed by atoms with Crippen LogP contribution in [0.25, 0.3) is 11.2 Å². The number of fused-ring (bicyclic) bond motifs is 1. The Kier molecular flexibility index (Phi) is 3.29. The number of nitrogens with zero attached hydrogens (tertiary/aromatic N) is 3. The van der Waals surface area contributed by atoms with Gasteiger partial charge in [0.05, 0.1) is 11.6 Å². The molecule has 2 aromatic heterocycles. The average molecular weight is 305 g/mol. The zero-order chi connectivity index (χ0) is 15.1. The topological polar surface area (TPSA) is 56.7 Å². The zero-order valence-corrected chi connectivity index (χ0v) is 12.4. The average Bonchev–Trinajstić information content (AvgIpc) is 2.71. The minimum atomic E-state index is -0.174. The first kappa shape index (κ1) is 13.8. The first-order chi connectivity index (χ1) is 9.95. The fourth-order valence-electron chi connectivity index (χ4n) is 2.47. The maximum Gasteiger partial charge on any atom is 0.202 e. The van der Waals surface area contributed by atoms with Crippen molar-refractivity contribution in [3.63, 3.8) is 0 Å². The molecule has 21 heavy (non-hydrogen) atoms. The van der Waals surface area contributed by atoms with E-state index in [1.807, 2.05) is 12.1 Å². The van der Waals surface area contributed by atoms with E-state index in [0.717, 1.165) is 5.56 Å². The molecule has 6 heteroatoms. The minimum Gasteiger partial charge on any atom is -0.369 e. The highest BCUT2D eigenvalue weighted by Crippen LogP contribution is 2.22. The lowest BCUT2D eigenvalue weighted by Crippen LogP contribution is -2.06. The van der Waals surface area contributed by atoms with Crippen LogP contribution in [0.3, 0.4) is 0 Å². The van der Waals surface area contributed by atoms with E-state index in [1.54, 1.807) is 30.7 Å². The number of nitrogen functional groups attached to an aromatic ring is 1. The Morgan fingerprint density at radius 2 is 1.90 bits per heavy atom. The third-order valence-electron chi connectivity index (χ3n) is 3.42. The summed E-state index contributed by atoms with van der Waals surface area (Å²) in [5.74, 6) is 0.187. The number of aryl methyl sites for hydroxylation is 2. The Labute approximate surface area is 126 Å². The summed E-state index contributed by atoms with van der Waals surface area (Å²) in [6, 6.07) is 5.34. The first-order valence-electron chi connectivity index (χ1n) is 6.48. The highest BCUT2D eigenvalue weighted by atomic mass is 35.5. The number of benzene rings is 1. The van der Waals surface area contributed by atoms with Gasteiger partial charge in [-0.3, -0.25) is 4.57 Å². The molecule has 0 aliphatic heterocycles. The molecule has 4 nitrogen and oxygen atoms in total. The summed E-state index contributed by atoms with van der Waals surface area (Å²) in [5.41, 5.74) is 9.45. The van der Waals surface area contributed by atoms with Gasteiger partial charge in [0.1, 0.15) is 11.3 Å². The second-order valence-corrected chi connectivity index (χ2v) is 5.53. The number of hydrogen-bond acceptors (Lipinski definition) is 3. The largest absolute Gasteiger partial charge is 0.369 e. The van der Waals surface area contributed by atoms with Gasteiger partial charge in [0, 0.05) is 6.20 Å². The van der Waals surface area contributed by atoms with E-state index >= 15 is 0 Å². The van der Waals surface area contributed by atoms with Crippen LogP contribution in [0.15, 0.2) is 24.4 Å². The molecule has 0 spiro atoms. The number of nitrogens with two attached hydrogens (primary N) is 1. The molecule has 3 aromatic rings. The van der Waals surface area contributed by atoms with Gasteiger partial charge in [-0.15, -0.1) is 0 Å². The van der Waals surface area contributed by atoms with Gasteiger partial charge in [0.2, 0.25) is 5.95 Å². The predicted octanol–water partition coefficient (Wildman–Crippen LogP) is 3.47. The van der Waals surface area contributed by atoms with Gasteiger partial charge < -0.3 is 5.73 Å². The molecule has 0 atom stereocenters. The Balaban J connectivity index is 2.08. The van der Waals surface area contributed by atoms with Gasteiger partial charge >= 0.3 is 0 Å². The summed E-state index contributed by atoms with van der Waals surface area (Å²) in [6.07, 6.45) is 1.56. The summed E-state index contributed by atoms with van der Waals surface area (Å²) < 4.78 is 15.5. The summed E-state index contributed by atoms with van der Waals surface area (Å²) in [7, 11) is 0. The van der Waals surface area contributed by atoms with Crippen LogP contribution >= 0.6 is 11.6 Å². The first-order valence-corrected chi connectivity index (χ1v) is 6.86. The highest BCUT2D eigenvalue weighted by molar-refractivity contribution is 6.31. The molecule has 2 heterocycles. The standard InChI is InChI=1S/C15H14ClFN4/c1-8-3-10(4-9(2)13(8)17)7-21-14-12(20-15(21)18)5-11(16)6-19-14/h3-6H,7H2,1-2H3,(H2,18,20). The van der Waals surface area contributed by atoms with E-state index in [1.165, 1.54) is 0 Å². The molecule has 1 aromatic carbocycles. The number of aromatic nitrogens is 3. The van der Waals surface area contributed by atoms with Crippen LogP contribution in [-0.4, -0.2) is 14.5 Å². The normalized spacial score (nSPS) is 11.2. The molecule has 2 N–H and O–H groups in total. The molecule has 0 amide bonds. The number of rotatable bonds is 2. The molecule has 0 fully saturated rings. The quantitative estimate of drug-likeness (QED) is 0.788. The molecular formula is C15H14ClFN4. The summed E-state index contributed by atoms with van der Waals surface area (Å²) in [5, 5.41) is 0.514. The Hall–Kier alpha value is -2.14. The lowest BCUT2D eigenvalue weighted by Gasteiger charge is -2.09. The molecule has 0 aliphatic carbocycles. The van der Waals surface area contributed by atoms with Crippen molar-refractivity contribution in [3.05, 3.63) is 51.9 Å². The second kappa shape index (κ2) is 5.00. The lowest BCUT2D eigenvalue weighted by molar-refractivity contribution is 0.607. The molecule has 0 bridgehead atoms. The highest BCUT2D eigenvalue weighted by Gasteiger charge is 2.12. The Morgan fingerprint density at radius 1 is 1.24 bits per heavy atom. The fraction of sp³-hybridized carbons (Fsp3) is 0.200. The smallest absolute Gasteiger partial charge is 0.202 e. The third kappa shape index (κ3) is 2.45. The number of hydrogen-bond donors (Lipinski definition) is 1. The second-order valence-electron chi connectivity index (χ2n) is 5.10. The maximum atomic E-state index is 13.7. The summed E-state index contributed by atoms with van der Waals surface area (Å²) >= 11 is 5.91. The van der Waals surface area contributed by atoms with E-state index in [4.69, 9.17) is 17.3 Å². The van der Waals surface area contributed by atoms with Crippen LogP contribution < -0.4 is 5.73 Å². The SMILES string of the molecule is Cc1cc(Cn2c(N)nc3cc(Cl)cnc32)cc(C)c1F. The summed E-state index contributed by atoms with van der Waals surface area (Å²) in [6.45, 7) is 3.98. The Bertz CT molecular complexity index is 818. The molecule has 0 unspecified atom stereocenters. The molecule has 3 rings (SSSR count). The zero-order valence-electron chi connectivity index (χ0n) is 11.7. The van der Waals surface area contributed by atoms with Gasteiger partial charge in [-0.2, -0.15) is 0 Å². The van der Waals surface area contributed by atoms with E-state index in [9.17, 15) is 4.39 Å². The van der Waals surface area contributed by atoms with Crippen LogP contribution in [0, 0.1) is 19.7 Å². The maximum absolute atomic E-state index is 13.7. The third-order valence-corrected chi connectivity index (χ3v) is 3.62. The molecular weight excluding hydrogens is 291 g/mol. The van der Waals surface area contributed by atoms with Gasteiger partial charge in [0.25, 0.3) is 0 Å². The summed E-state index contributed by atoms with van der Waals surface area (Å²) in [4.78, 5) is 8.53. The van der Waals surface area contributed by atoms with Crippen LogP contribution in [0.5, 0.6) is 0 Å². The van der Waals surface area contributed by atoms with E-state index in [0.29, 0.717) is 39.8 Å². The van der Waals surface area contributed by atoms with Crippen molar-refractivity contribution in [3.8, 4) is 0 Å². The molecule has 108 valence electrons. The van der Waals surface area contributed by atoms with Gasteiger partial charge in [0.15, 0.2) is 5.65 Å². The van der Waals surface area contributed by atoms with Crippen molar-refractivity contribution in [2.24, 2.45) is 0 Å². The molecule has 0 saturated carbocycles. The molecule has 0 saturated heterocycles. The van der Waals surface area contributed by atoms with Gasteiger partial charge in [-0.05, 0) is 36.6 Å². The predicted molar refractivity (Wildman–Crippen MR) is 81.9 cm³/mol. The molecule has 0 aliphatic rings. The van der Waals surface area contributed by atoms with Crippen molar-refractivity contribution >= 4 is 28.7 Å². The van der Waals surface area contributed by atoms with Crippen molar-refractivity contribution < 1.29 is 4.39 Å². The monoisotopic (exact) mass is 304 g/mol. The van der Waals surface area contributed by atoms with Gasteiger partial charge in [-0.25, -0.2) is 14.4 Å². The van der Waals surface area contributed by atoms with Gasteiger partial charge in [-0.1, -0.05) is 23.7 Å². The van der Waals surface area contributed by atoms with Crippen LogP contribution in [0.4, 0.5) is 10.3 Å². The molecule has 0 radical (unpaired) electrons. The fourth-order valence-corrected chi connectivity index (χ4v) is 2.62.